The summed E-state index contributed by atoms with van der Waals surface area (Å²) in [6, 6.07) is 4.45. The highest BCUT2D eigenvalue weighted by Gasteiger charge is 2.33. The number of aromatic nitrogens is 2. The minimum atomic E-state index is -4.65. The highest BCUT2D eigenvalue weighted by molar-refractivity contribution is 7.99. The molecular formula is C12H6ClF3N2O2S. The molecule has 0 aliphatic heterocycles. The highest BCUT2D eigenvalue weighted by atomic mass is 35.5. The van der Waals surface area contributed by atoms with Crippen molar-refractivity contribution in [3.63, 3.8) is 0 Å². The van der Waals surface area contributed by atoms with E-state index in [9.17, 15) is 18.0 Å². The molecule has 0 aliphatic carbocycles. The van der Waals surface area contributed by atoms with E-state index in [-0.39, 0.29) is 15.6 Å². The van der Waals surface area contributed by atoms with Crippen LogP contribution in [0.4, 0.5) is 13.2 Å². The molecular weight excluding hydrogens is 329 g/mol. The van der Waals surface area contributed by atoms with Crippen molar-refractivity contribution in [3.05, 3.63) is 46.7 Å². The fourth-order valence-electron chi connectivity index (χ4n) is 1.36. The molecule has 2 aromatic rings. The molecule has 0 aliphatic rings. The number of hydrogen-bond acceptors (Lipinski definition) is 4. The summed E-state index contributed by atoms with van der Waals surface area (Å²) < 4.78 is 37.9. The molecule has 0 saturated carbocycles. The lowest BCUT2D eigenvalue weighted by Gasteiger charge is -2.09. The van der Waals surface area contributed by atoms with E-state index in [4.69, 9.17) is 16.7 Å². The molecule has 2 rings (SSSR count). The van der Waals surface area contributed by atoms with Gasteiger partial charge >= 0.3 is 12.1 Å². The number of pyridine rings is 2. The van der Waals surface area contributed by atoms with Crippen LogP contribution in [0.25, 0.3) is 0 Å². The van der Waals surface area contributed by atoms with Crippen molar-refractivity contribution in [3.8, 4) is 0 Å². The van der Waals surface area contributed by atoms with Crippen LogP contribution in [0.5, 0.6) is 0 Å². The Morgan fingerprint density at radius 3 is 2.48 bits per heavy atom. The zero-order valence-corrected chi connectivity index (χ0v) is 11.6. The van der Waals surface area contributed by atoms with Crippen molar-refractivity contribution in [2.45, 2.75) is 16.2 Å². The van der Waals surface area contributed by atoms with Gasteiger partial charge in [0.2, 0.25) is 0 Å². The van der Waals surface area contributed by atoms with Gasteiger partial charge in [0.25, 0.3) is 0 Å². The summed E-state index contributed by atoms with van der Waals surface area (Å²) in [5.41, 5.74) is -1.49. The number of carboxylic acids is 1. The molecule has 0 fully saturated rings. The van der Waals surface area contributed by atoms with Crippen LogP contribution in [-0.2, 0) is 6.18 Å². The van der Waals surface area contributed by atoms with Crippen LogP contribution in [0.1, 0.15) is 16.1 Å². The molecule has 4 nitrogen and oxygen atoms in total. The van der Waals surface area contributed by atoms with Crippen LogP contribution < -0.4 is 0 Å². The summed E-state index contributed by atoms with van der Waals surface area (Å²) in [7, 11) is 0. The normalized spacial score (nSPS) is 11.4. The van der Waals surface area contributed by atoms with Crippen LogP contribution in [0.15, 0.2) is 40.5 Å². The Kier molecular flexibility index (Phi) is 4.38. The Hall–Kier alpha value is -1.80. The SMILES string of the molecule is O=C(O)c1ccc(C(F)(F)F)nc1Sc1ccc(Cl)cn1. The van der Waals surface area contributed by atoms with Gasteiger partial charge in [0, 0.05) is 6.20 Å². The Balaban J connectivity index is 2.43. The van der Waals surface area contributed by atoms with Crippen LogP contribution in [0.2, 0.25) is 5.02 Å². The zero-order valence-electron chi connectivity index (χ0n) is 10.1. The van der Waals surface area contributed by atoms with Gasteiger partial charge in [0.15, 0.2) is 0 Å². The molecule has 0 atom stereocenters. The fourth-order valence-corrected chi connectivity index (χ4v) is 2.32. The predicted molar refractivity (Wildman–Crippen MR) is 69.6 cm³/mol. The Labute approximate surface area is 126 Å². The van der Waals surface area contributed by atoms with E-state index in [0.29, 0.717) is 11.1 Å². The molecule has 2 heterocycles. The van der Waals surface area contributed by atoms with Gasteiger partial charge in [0.1, 0.15) is 15.7 Å². The Morgan fingerprint density at radius 2 is 1.95 bits per heavy atom. The third kappa shape index (κ3) is 3.85. The van der Waals surface area contributed by atoms with Gasteiger partial charge in [0.05, 0.1) is 10.6 Å². The fraction of sp³-hybridized carbons (Fsp3) is 0.0833. The minimum absolute atomic E-state index is 0.285. The van der Waals surface area contributed by atoms with Crippen LogP contribution in [-0.4, -0.2) is 21.0 Å². The lowest BCUT2D eigenvalue weighted by atomic mass is 10.2. The quantitative estimate of drug-likeness (QED) is 0.919. The molecule has 0 bridgehead atoms. The first-order valence-electron chi connectivity index (χ1n) is 5.38. The first kappa shape index (κ1) is 15.6. The molecule has 0 amide bonds. The molecule has 0 spiro atoms. The van der Waals surface area contributed by atoms with Gasteiger partial charge in [-0.25, -0.2) is 14.8 Å². The zero-order chi connectivity index (χ0) is 15.6. The maximum atomic E-state index is 12.6. The number of carboxylic acid groups (broad SMARTS) is 1. The van der Waals surface area contributed by atoms with E-state index in [2.05, 4.69) is 9.97 Å². The average molecular weight is 335 g/mol. The molecule has 0 aromatic carbocycles. The predicted octanol–water partition coefficient (Wildman–Crippen LogP) is 4.00. The van der Waals surface area contributed by atoms with Crippen LogP contribution in [0, 0.1) is 0 Å². The summed E-state index contributed by atoms with van der Waals surface area (Å²) in [5.74, 6) is -1.37. The van der Waals surface area contributed by atoms with Gasteiger partial charge < -0.3 is 5.11 Å². The van der Waals surface area contributed by atoms with Crippen molar-refractivity contribution >= 4 is 29.3 Å². The number of nitrogens with zero attached hydrogens (tertiary/aromatic N) is 2. The number of aromatic carboxylic acids is 1. The third-order valence-corrected chi connectivity index (χ3v) is 3.46. The van der Waals surface area contributed by atoms with E-state index in [1.807, 2.05) is 0 Å². The standard InChI is InChI=1S/C12H6ClF3N2O2S/c13-6-1-4-9(17-5-6)21-10-7(11(19)20)2-3-8(18-10)12(14,15)16/h1-5H,(H,19,20). The molecule has 110 valence electrons. The van der Waals surface area contributed by atoms with Gasteiger partial charge in [-0.05, 0) is 36.0 Å². The molecule has 0 radical (unpaired) electrons. The number of hydrogen-bond donors (Lipinski definition) is 1. The lowest BCUT2D eigenvalue weighted by molar-refractivity contribution is -0.141. The van der Waals surface area contributed by atoms with Gasteiger partial charge in [-0.1, -0.05) is 11.6 Å². The van der Waals surface area contributed by atoms with Gasteiger partial charge in [-0.3, -0.25) is 0 Å². The third-order valence-electron chi connectivity index (χ3n) is 2.28. The van der Waals surface area contributed by atoms with E-state index in [1.54, 1.807) is 0 Å². The minimum Gasteiger partial charge on any atom is -0.478 e. The van der Waals surface area contributed by atoms with Crippen molar-refractivity contribution in [1.29, 1.82) is 0 Å². The number of rotatable bonds is 3. The maximum Gasteiger partial charge on any atom is 0.433 e. The molecule has 0 saturated heterocycles. The average Bonchev–Trinajstić information content (AvgIpc) is 2.40. The topological polar surface area (TPSA) is 63.1 Å². The van der Waals surface area contributed by atoms with Crippen molar-refractivity contribution in [1.82, 2.24) is 9.97 Å². The highest BCUT2D eigenvalue weighted by Crippen LogP contribution is 2.33. The summed E-state index contributed by atoms with van der Waals surface area (Å²) in [5, 5.41) is 9.36. The Morgan fingerprint density at radius 1 is 1.24 bits per heavy atom. The molecule has 0 unspecified atom stereocenters. The first-order chi connectivity index (χ1) is 9.77. The van der Waals surface area contributed by atoms with Gasteiger partial charge in [-0.15, -0.1) is 0 Å². The van der Waals surface area contributed by atoms with Crippen LogP contribution in [0.3, 0.4) is 0 Å². The number of alkyl halides is 3. The molecule has 21 heavy (non-hydrogen) atoms. The molecule has 1 N–H and O–H groups in total. The van der Waals surface area contributed by atoms with Crippen LogP contribution >= 0.6 is 23.4 Å². The van der Waals surface area contributed by atoms with Gasteiger partial charge in [-0.2, -0.15) is 13.2 Å². The maximum absolute atomic E-state index is 12.6. The van der Waals surface area contributed by atoms with E-state index in [1.165, 1.54) is 18.3 Å². The van der Waals surface area contributed by atoms with E-state index >= 15 is 0 Å². The second kappa shape index (κ2) is 5.90. The monoisotopic (exact) mass is 334 g/mol. The summed E-state index contributed by atoms with van der Waals surface area (Å²) in [4.78, 5) is 18.3. The first-order valence-corrected chi connectivity index (χ1v) is 6.58. The van der Waals surface area contributed by atoms with Crippen molar-refractivity contribution in [2.24, 2.45) is 0 Å². The second-order valence-corrected chi connectivity index (χ2v) is 5.21. The largest absolute Gasteiger partial charge is 0.478 e. The second-order valence-electron chi connectivity index (χ2n) is 3.77. The van der Waals surface area contributed by atoms with Crippen molar-refractivity contribution < 1.29 is 23.1 Å². The number of carbonyl (C=O) groups is 1. The number of halogens is 4. The van der Waals surface area contributed by atoms with E-state index < -0.39 is 17.8 Å². The summed E-state index contributed by atoms with van der Waals surface area (Å²) in [6.07, 6.45) is -3.35. The smallest absolute Gasteiger partial charge is 0.433 e. The summed E-state index contributed by atoms with van der Waals surface area (Å²) >= 11 is 6.37. The molecule has 9 heteroatoms. The van der Waals surface area contributed by atoms with E-state index in [0.717, 1.165) is 17.8 Å². The lowest BCUT2D eigenvalue weighted by Crippen LogP contribution is -2.11. The van der Waals surface area contributed by atoms with Crippen molar-refractivity contribution in [2.75, 3.05) is 0 Å². The summed E-state index contributed by atoms with van der Waals surface area (Å²) in [6.45, 7) is 0. The molecule has 2 aromatic heterocycles. The Bertz CT molecular complexity index is 677.